The molecular formula is C14H11BrN2O3. The number of nitro benzene ring substituents is 1. The fraction of sp³-hybridized carbons (Fsp3) is 0.0714. The molecule has 5 nitrogen and oxygen atoms in total. The normalized spacial score (nSPS) is 10.9. The third kappa shape index (κ3) is 3.21. The maximum atomic E-state index is 10.7. The predicted octanol–water partition coefficient (Wildman–Crippen LogP) is 4.12. The molecule has 0 aliphatic heterocycles. The zero-order valence-electron chi connectivity index (χ0n) is 10.6. The molecule has 0 aliphatic rings. The molecule has 0 spiro atoms. The van der Waals surface area contributed by atoms with E-state index < -0.39 is 4.92 Å². The third-order valence-electron chi connectivity index (χ3n) is 2.70. The molecule has 0 aromatic heterocycles. The Balaban J connectivity index is 2.29. The molecule has 0 radical (unpaired) electrons. The summed E-state index contributed by atoms with van der Waals surface area (Å²) in [4.78, 5) is 14.4. The molecular weight excluding hydrogens is 324 g/mol. The highest BCUT2D eigenvalue weighted by atomic mass is 79.9. The number of nitro groups is 1. The summed E-state index contributed by atoms with van der Waals surface area (Å²) in [6.07, 6.45) is 1.52. The van der Waals surface area contributed by atoms with Crippen LogP contribution in [0.25, 0.3) is 0 Å². The van der Waals surface area contributed by atoms with Crippen LogP contribution in [0.15, 0.2) is 45.9 Å². The monoisotopic (exact) mass is 334 g/mol. The largest absolute Gasteiger partial charge is 0.502 e. The standard InChI is InChI=1S/C14H11BrN2O3/c1-9-6-11(3-4-12(9)15)16-8-10-2-5-14(18)13(7-10)17(19)20/h2-8,18H,1H3. The Morgan fingerprint density at radius 3 is 2.70 bits per heavy atom. The summed E-state index contributed by atoms with van der Waals surface area (Å²) < 4.78 is 0.997. The average molecular weight is 335 g/mol. The van der Waals surface area contributed by atoms with Gasteiger partial charge in [-0.15, -0.1) is 0 Å². The Bertz CT molecular complexity index is 699. The highest BCUT2D eigenvalue weighted by Crippen LogP contribution is 2.26. The number of halogens is 1. The first-order valence-corrected chi connectivity index (χ1v) is 6.54. The van der Waals surface area contributed by atoms with E-state index in [-0.39, 0.29) is 11.4 Å². The van der Waals surface area contributed by atoms with E-state index in [9.17, 15) is 15.2 Å². The van der Waals surface area contributed by atoms with Crippen molar-refractivity contribution in [1.82, 2.24) is 0 Å². The molecule has 0 amide bonds. The van der Waals surface area contributed by atoms with Crippen molar-refractivity contribution in [1.29, 1.82) is 0 Å². The lowest BCUT2D eigenvalue weighted by atomic mass is 10.2. The minimum Gasteiger partial charge on any atom is -0.502 e. The molecule has 2 rings (SSSR count). The topological polar surface area (TPSA) is 75.7 Å². The van der Waals surface area contributed by atoms with Crippen LogP contribution in [0.5, 0.6) is 5.75 Å². The van der Waals surface area contributed by atoms with E-state index in [0.717, 1.165) is 15.7 Å². The molecule has 6 heteroatoms. The zero-order chi connectivity index (χ0) is 14.7. The van der Waals surface area contributed by atoms with Gasteiger partial charge in [-0.1, -0.05) is 15.9 Å². The number of benzene rings is 2. The van der Waals surface area contributed by atoms with Gasteiger partial charge in [0, 0.05) is 16.8 Å². The predicted molar refractivity (Wildman–Crippen MR) is 80.9 cm³/mol. The molecule has 0 fully saturated rings. The van der Waals surface area contributed by atoms with E-state index in [4.69, 9.17) is 0 Å². The van der Waals surface area contributed by atoms with Gasteiger partial charge in [-0.3, -0.25) is 15.1 Å². The molecule has 2 aromatic carbocycles. The fourth-order valence-corrected chi connectivity index (χ4v) is 1.87. The number of hydrogen-bond donors (Lipinski definition) is 1. The number of aliphatic imine (C=N–C) groups is 1. The highest BCUT2D eigenvalue weighted by Gasteiger charge is 2.12. The van der Waals surface area contributed by atoms with Gasteiger partial charge in [0.2, 0.25) is 0 Å². The van der Waals surface area contributed by atoms with Crippen molar-refractivity contribution in [2.45, 2.75) is 6.92 Å². The fourth-order valence-electron chi connectivity index (χ4n) is 1.63. The van der Waals surface area contributed by atoms with Crippen LogP contribution in [-0.2, 0) is 0 Å². The molecule has 20 heavy (non-hydrogen) atoms. The average Bonchev–Trinajstić information content (AvgIpc) is 2.41. The van der Waals surface area contributed by atoms with E-state index in [2.05, 4.69) is 20.9 Å². The molecule has 0 saturated heterocycles. The molecule has 102 valence electrons. The van der Waals surface area contributed by atoms with Crippen molar-refractivity contribution in [2.24, 2.45) is 4.99 Å². The van der Waals surface area contributed by atoms with Crippen LogP contribution in [0.4, 0.5) is 11.4 Å². The Morgan fingerprint density at radius 1 is 1.30 bits per heavy atom. The van der Waals surface area contributed by atoms with Crippen molar-refractivity contribution < 1.29 is 10.0 Å². The van der Waals surface area contributed by atoms with Gasteiger partial charge in [0.1, 0.15) is 0 Å². The summed E-state index contributed by atoms with van der Waals surface area (Å²) in [5.41, 5.74) is 2.02. The first kappa shape index (κ1) is 14.2. The lowest BCUT2D eigenvalue weighted by Crippen LogP contribution is -1.90. The van der Waals surface area contributed by atoms with E-state index in [0.29, 0.717) is 5.56 Å². The van der Waals surface area contributed by atoms with E-state index in [1.165, 1.54) is 18.3 Å². The van der Waals surface area contributed by atoms with E-state index in [1.807, 2.05) is 25.1 Å². The smallest absolute Gasteiger partial charge is 0.311 e. The summed E-state index contributed by atoms with van der Waals surface area (Å²) in [5.74, 6) is -0.355. The lowest BCUT2D eigenvalue weighted by molar-refractivity contribution is -0.385. The van der Waals surface area contributed by atoms with Crippen molar-refractivity contribution >= 4 is 33.5 Å². The van der Waals surface area contributed by atoms with Crippen LogP contribution in [0.3, 0.4) is 0 Å². The highest BCUT2D eigenvalue weighted by molar-refractivity contribution is 9.10. The van der Waals surface area contributed by atoms with Crippen LogP contribution in [0, 0.1) is 17.0 Å². The van der Waals surface area contributed by atoms with Crippen LogP contribution in [-0.4, -0.2) is 16.2 Å². The van der Waals surface area contributed by atoms with Gasteiger partial charge in [0.15, 0.2) is 5.75 Å². The minimum atomic E-state index is -0.629. The first-order valence-electron chi connectivity index (χ1n) is 5.75. The summed E-state index contributed by atoms with van der Waals surface area (Å²) in [6, 6.07) is 9.76. The number of phenolic OH excluding ortho intramolecular Hbond substituents is 1. The van der Waals surface area contributed by atoms with Crippen LogP contribution in [0.1, 0.15) is 11.1 Å². The molecule has 0 bridgehead atoms. The second kappa shape index (κ2) is 5.83. The lowest BCUT2D eigenvalue weighted by Gasteiger charge is -2.00. The quantitative estimate of drug-likeness (QED) is 0.521. The molecule has 1 N–H and O–H groups in total. The van der Waals surface area contributed by atoms with Crippen molar-refractivity contribution in [3.8, 4) is 5.75 Å². The van der Waals surface area contributed by atoms with Crippen molar-refractivity contribution in [2.75, 3.05) is 0 Å². The number of hydrogen-bond acceptors (Lipinski definition) is 4. The minimum absolute atomic E-state index is 0.332. The summed E-state index contributed by atoms with van der Waals surface area (Å²) in [5, 5.41) is 20.1. The molecule has 0 atom stereocenters. The maximum absolute atomic E-state index is 10.7. The van der Waals surface area contributed by atoms with Crippen LogP contribution >= 0.6 is 15.9 Å². The molecule has 2 aromatic rings. The van der Waals surface area contributed by atoms with Gasteiger partial charge in [-0.05, 0) is 48.4 Å². The maximum Gasteiger partial charge on any atom is 0.311 e. The van der Waals surface area contributed by atoms with Crippen LogP contribution < -0.4 is 0 Å². The van der Waals surface area contributed by atoms with Gasteiger partial charge < -0.3 is 5.11 Å². The Hall–Kier alpha value is -2.21. The Morgan fingerprint density at radius 2 is 2.05 bits per heavy atom. The number of rotatable bonds is 3. The first-order chi connectivity index (χ1) is 9.47. The number of aryl methyl sites for hydroxylation is 1. The molecule has 0 saturated carbocycles. The number of nitrogens with zero attached hydrogens (tertiary/aromatic N) is 2. The van der Waals surface area contributed by atoms with Gasteiger partial charge in [0.05, 0.1) is 10.6 Å². The summed E-state index contributed by atoms with van der Waals surface area (Å²) in [7, 11) is 0. The van der Waals surface area contributed by atoms with Gasteiger partial charge in [-0.2, -0.15) is 0 Å². The Labute approximate surface area is 123 Å². The van der Waals surface area contributed by atoms with E-state index >= 15 is 0 Å². The zero-order valence-corrected chi connectivity index (χ0v) is 12.2. The van der Waals surface area contributed by atoms with Gasteiger partial charge in [0.25, 0.3) is 0 Å². The number of aromatic hydroxyl groups is 1. The Kier molecular flexibility index (Phi) is 4.14. The van der Waals surface area contributed by atoms with Gasteiger partial charge >= 0.3 is 5.69 Å². The molecule has 0 unspecified atom stereocenters. The van der Waals surface area contributed by atoms with Crippen molar-refractivity contribution in [3.63, 3.8) is 0 Å². The molecule has 0 heterocycles. The third-order valence-corrected chi connectivity index (χ3v) is 3.59. The SMILES string of the molecule is Cc1cc(N=Cc2ccc(O)c([N+](=O)[O-])c2)ccc1Br. The second-order valence-corrected chi connectivity index (χ2v) is 5.05. The second-order valence-electron chi connectivity index (χ2n) is 4.20. The molecule has 0 aliphatic carbocycles. The van der Waals surface area contributed by atoms with E-state index in [1.54, 1.807) is 6.07 Å². The van der Waals surface area contributed by atoms with Gasteiger partial charge in [-0.25, -0.2) is 0 Å². The van der Waals surface area contributed by atoms with Crippen molar-refractivity contribution in [3.05, 3.63) is 62.1 Å². The number of phenols is 1. The summed E-state index contributed by atoms with van der Waals surface area (Å²) >= 11 is 3.40. The summed E-state index contributed by atoms with van der Waals surface area (Å²) in [6.45, 7) is 1.95. The van der Waals surface area contributed by atoms with Crippen LogP contribution in [0.2, 0.25) is 0 Å².